The van der Waals surface area contributed by atoms with Gasteiger partial charge in [-0.1, -0.05) is 48.5 Å². The molecule has 0 bridgehead atoms. The van der Waals surface area contributed by atoms with E-state index < -0.39 is 11.9 Å². The highest BCUT2D eigenvalue weighted by molar-refractivity contribution is 5.77. The van der Waals surface area contributed by atoms with Crippen LogP contribution in [-0.4, -0.2) is 35.1 Å². The minimum Gasteiger partial charge on any atom is -0.489 e. The first-order valence-corrected chi connectivity index (χ1v) is 8.63. The number of carboxylic acids is 1. The molecule has 2 aromatic rings. The average Bonchev–Trinajstić information content (AvgIpc) is 3.16. The standard InChI is InChI=1S/C20H22N2O4/c23-19(24)17-10-11-22(13-17)20(25)21-12-16-8-4-5-9-18(16)26-14-15-6-2-1-3-7-15/h1-9,17H,10-14H2,(H,21,25)(H,23,24). The fourth-order valence-corrected chi connectivity index (χ4v) is 2.95. The summed E-state index contributed by atoms with van der Waals surface area (Å²) in [6, 6.07) is 17.2. The number of para-hydroxylation sites is 1. The van der Waals surface area contributed by atoms with Gasteiger partial charge in [0.05, 0.1) is 5.92 Å². The lowest BCUT2D eigenvalue weighted by molar-refractivity contribution is -0.141. The number of aliphatic carboxylic acids is 1. The number of nitrogens with one attached hydrogen (secondary N) is 1. The Kier molecular flexibility index (Phi) is 5.73. The monoisotopic (exact) mass is 354 g/mol. The average molecular weight is 354 g/mol. The number of hydrogen-bond acceptors (Lipinski definition) is 3. The van der Waals surface area contributed by atoms with Gasteiger partial charge in [0.1, 0.15) is 12.4 Å². The molecule has 0 aliphatic carbocycles. The molecule has 2 aromatic carbocycles. The Labute approximate surface area is 152 Å². The molecule has 1 saturated heterocycles. The van der Waals surface area contributed by atoms with Gasteiger partial charge < -0.3 is 20.1 Å². The number of urea groups is 1. The van der Waals surface area contributed by atoms with Gasteiger partial charge in [-0.2, -0.15) is 0 Å². The van der Waals surface area contributed by atoms with E-state index in [1.165, 1.54) is 0 Å². The van der Waals surface area contributed by atoms with Crippen LogP contribution in [0.25, 0.3) is 0 Å². The molecule has 1 heterocycles. The van der Waals surface area contributed by atoms with E-state index in [4.69, 9.17) is 9.84 Å². The third-order valence-electron chi connectivity index (χ3n) is 4.46. The molecule has 0 spiro atoms. The van der Waals surface area contributed by atoms with Crippen LogP contribution in [0.3, 0.4) is 0 Å². The highest BCUT2D eigenvalue weighted by Gasteiger charge is 2.30. The quantitative estimate of drug-likeness (QED) is 0.836. The molecule has 6 nitrogen and oxygen atoms in total. The minimum absolute atomic E-state index is 0.244. The molecule has 2 amide bonds. The summed E-state index contributed by atoms with van der Waals surface area (Å²) in [4.78, 5) is 24.8. The molecule has 6 heteroatoms. The fraction of sp³-hybridized carbons (Fsp3) is 0.300. The molecule has 0 saturated carbocycles. The molecule has 2 N–H and O–H groups in total. The number of rotatable bonds is 6. The molecule has 1 aliphatic heterocycles. The van der Waals surface area contributed by atoms with Gasteiger partial charge >= 0.3 is 12.0 Å². The molecule has 0 aromatic heterocycles. The Morgan fingerprint density at radius 2 is 1.85 bits per heavy atom. The van der Waals surface area contributed by atoms with E-state index in [9.17, 15) is 9.59 Å². The molecule has 136 valence electrons. The van der Waals surface area contributed by atoms with Crippen molar-refractivity contribution in [1.82, 2.24) is 10.2 Å². The first kappa shape index (κ1) is 17.8. The summed E-state index contributed by atoms with van der Waals surface area (Å²) in [6.45, 7) is 1.51. The van der Waals surface area contributed by atoms with Crippen molar-refractivity contribution in [2.45, 2.75) is 19.6 Å². The molecule has 26 heavy (non-hydrogen) atoms. The number of likely N-dealkylation sites (tertiary alicyclic amines) is 1. The number of nitrogens with zero attached hydrogens (tertiary/aromatic N) is 1. The van der Waals surface area contributed by atoms with Gasteiger partial charge in [-0.25, -0.2) is 4.79 Å². The molecular weight excluding hydrogens is 332 g/mol. The molecule has 0 radical (unpaired) electrons. The number of hydrogen-bond donors (Lipinski definition) is 2. The third-order valence-corrected chi connectivity index (χ3v) is 4.46. The topological polar surface area (TPSA) is 78.9 Å². The van der Waals surface area contributed by atoms with Crippen molar-refractivity contribution in [3.8, 4) is 5.75 Å². The van der Waals surface area contributed by atoms with Gasteiger partial charge in [-0.15, -0.1) is 0 Å². The van der Waals surface area contributed by atoms with Crippen LogP contribution in [-0.2, 0) is 17.9 Å². The largest absolute Gasteiger partial charge is 0.489 e. The van der Waals surface area contributed by atoms with Crippen molar-refractivity contribution < 1.29 is 19.4 Å². The van der Waals surface area contributed by atoms with E-state index in [0.29, 0.717) is 26.1 Å². The summed E-state index contributed by atoms with van der Waals surface area (Å²) in [5, 5.41) is 11.9. The zero-order chi connectivity index (χ0) is 18.4. The SMILES string of the molecule is O=C(O)C1CCN(C(=O)NCc2ccccc2OCc2ccccc2)C1. The van der Waals surface area contributed by atoms with Crippen LogP contribution in [0.5, 0.6) is 5.75 Å². The van der Waals surface area contributed by atoms with E-state index >= 15 is 0 Å². The summed E-state index contributed by atoms with van der Waals surface area (Å²) in [6.07, 6.45) is 0.500. The molecular formula is C20H22N2O4. The van der Waals surface area contributed by atoms with Gasteiger partial charge in [0, 0.05) is 25.2 Å². The Hall–Kier alpha value is -3.02. The predicted molar refractivity (Wildman–Crippen MR) is 96.8 cm³/mol. The van der Waals surface area contributed by atoms with Crippen molar-refractivity contribution in [3.05, 3.63) is 65.7 Å². The van der Waals surface area contributed by atoms with E-state index in [-0.39, 0.29) is 12.6 Å². The van der Waals surface area contributed by atoms with Crippen LogP contribution in [0.4, 0.5) is 4.79 Å². The Morgan fingerprint density at radius 1 is 1.12 bits per heavy atom. The third kappa shape index (κ3) is 4.53. The summed E-state index contributed by atoms with van der Waals surface area (Å²) in [7, 11) is 0. The van der Waals surface area contributed by atoms with Crippen molar-refractivity contribution in [2.24, 2.45) is 5.92 Å². The predicted octanol–water partition coefficient (Wildman–Crippen LogP) is 2.88. The highest BCUT2D eigenvalue weighted by atomic mass is 16.5. The van der Waals surface area contributed by atoms with Crippen molar-refractivity contribution >= 4 is 12.0 Å². The van der Waals surface area contributed by atoms with Crippen LogP contribution in [0.15, 0.2) is 54.6 Å². The van der Waals surface area contributed by atoms with Crippen LogP contribution in [0.2, 0.25) is 0 Å². The molecule has 1 unspecified atom stereocenters. The Morgan fingerprint density at radius 3 is 2.58 bits per heavy atom. The first-order chi connectivity index (χ1) is 12.6. The van der Waals surface area contributed by atoms with Crippen LogP contribution < -0.4 is 10.1 Å². The maximum absolute atomic E-state index is 12.3. The van der Waals surface area contributed by atoms with Gasteiger partial charge in [-0.05, 0) is 18.1 Å². The van der Waals surface area contributed by atoms with E-state index in [2.05, 4.69) is 5.32 Å². The van der Waals surface area contributed by atoms with Gasteiger partial charge in [0.2, 0.25) is 0 Å². The highest BCUT2D eigenvalue weighted by Crippen LogP contribution is 2.20. The zero-order valence-corrected chi connectivity index (χ0v) is 14.4. The number of carbonyl (C=O) groups excluding carboxylic acids is 1. The van der Waals surface area contributed by atoms with Gasteiger partial charge in [0.15, 0.2) is 0 Å². The fourth-order valence-electron chi connectivity index (χ4n) is 2.95. The lowest BCUT2D eigenvalue weighted by Crippen LogP contribution is -2.38. The summed E-state index contributed by atoms with van der Waals surface area (Å²) in [5.41, 5.74) is 1.95. The Balaban J connectivity index is 1.55. The molecule has 1 fully saturated rings. The van der Waals surface area contributed by atoms with Crippen LogP contribution >= 0.6 is 0 Å². The van der Waals surface area contributed by atoms with E-state index in [0.717, 1.165) is 16.9 Å². The first-order valence-electron chi connectivity index (χ1n) is 8.63. The number of carboxylic acid groups (broad SMARTS) is 1. The minimum atomic E-state index is -0.847. The molecule has 3 rings (SSSR count). The smallest absolute Gasteiger partial charge is 0.317 e. The number of ether oxygens (including phenoxy) is 1. The molecule has 1 aliphatic rings. The summed E-state index contributed by atoms with van der Waals surface area (Å²) in [5.74, 6) is -0.594. The van der Waals surface area contributed by atoms with Crippen LogP contribution in [0.1, 0.15) is 17.5 Å². The zero-order valence-electron chi connectivity index (χ0n) is 14.4. The number of carbonyl (C=O) groups is 2. The second kappa shape index (κ2) is 8.38. The second-order valence-electron chi connectivity index (χ2n) is 6.31. The second-order valence-corrected chi connectivity index (χ2v) is 6.31. The molecule has 1 atom stereocenters. The van der Waals surface area contributed by atoms with E-state index in [1.54, 1.807) is 4.90 Å². The number of amides is 2. The van der Waals surface area contributed by atoms with Gasteiger partial charge in [-0.3, -0.25) is 4.79 Å². The maximum atomic E-state index is 12.3. The van der Waals surface area contributed by atoms with Crippen molar-refractivity contribution in [2.75, 3.05) is 13.1 Å². The number of benzene rings is 2. The summed E-state index contributed by atoms with van der Waals surface area (Å²) < 4.78 is 5.89. The Bertz CT molecular complexity index is 763. The van der Waals surface area contributed by atoms with Crippen molar-refractivity contribution in [3.63, 3.8) is 0 Å². The van der Waals surface area contributed by atoms with Crippen molar-refractivity contribution in [1.29, 1.82) is 0 Å². The summed E-state index contributed by atoms with van der Waals surface area (Å²) >= 11 is 0. The maximum Gasteiger partial charge on any atom is 0.317 e. The van der Waals surface area contributed by atoms with E-state index in [1.807, 2.05) is 54.6 Å². The normalized spacial score (nSPS) is 16.3. The lowest BCUT2D eigenvalue weighted by atomic mass is 10.1. The van der Waals surface area contributed by atoms with Gasteiger partial charge in [0.25, 0.3) is 0 Å². The lowest BCUT2D eigenvalue weighted by Gasteiger charge is -2.18. The van der Waals surface area contributed by atoms with Crippen LogP contribution in [0, 0.1) is 5.92 Å².